The summed E-state index contributed by atoms with van der Waals surface area (Å²) in [4.78, 5) is 0. The summed E-state index contributed by atoms with van der Waals surface area (Å²) in [5.74, 6) is 0.746. The number of anilines is 2. The first-order valence-corrected chi connectivity index (χ1v) is 8.68. The average Bonchev–Trinajstić information content (AvgIpc) is 3.32. The fraction of sp³-hybridized carbons (Fsp3) is 0.176. The molecule has 0 fully saturated rings. The molecule has 0 bridgehead atoms. The van der Waals surface area contributed by atoms with Crippen molar-refractivity contribution in [1.29, 1.82) is 0 Å². The van der Waals surface area contributed by atoms with Gasteiger partial charge < -0.3 is 5.32 Å². The van der Waals surface area contributed by atoms with Crippen LogP contribution in [0, 0.1) is 6.92 Å². The van der Waals surface area contributed by atoms with Gasteiger partial charge >= 0.3 is 0 Å². The summed E-state index contributed by atoms with van der Waals surface area (Å²) in [6.07, 6.45) is 1.94. The number of hydrogen-bond acceptors (Lipinski definition) is 6. The lowest BCUT2D eigenvalue weighted by molar-refractivity contribution is 0.689. The van der Waals surface area contributed by atoms with Crippen LogP contribution in [0.1, 0.15) is 11.3 Å². The molecular formula is C17H17N7S. The fourth-order valence-electron chi connectivity index (χ4n) is 2.44. The topological polar surface area (TPSA) is 73.5 Å². The Bertz CT molecular complexity index is 964. The molecule has 0 aliphatic rings. The molecular weight excluding hydrogens is 334 g/mol. The summed E-state index contributed by atoms with van der Waals surface area (Å²) in [5.41, 5.74) is 3.13. The highest BCUT2D eigenvalue weighted by Crippen LogP contribution is 2.27. The van der Waals surface area contributed by atoms with Gasteiger partial charge in [-0.1, -0.05) is 41.7 Å². The lowest BCUT2D eigenvalue weighted by atomic mass is 10.2. The van der Waals surface area contributed by atoms with E-state index in [-0.39, 0.29) is 0 Å². The highest BCUT2D eigenvalue weighted by atomic mass is 32.1. The summed E-state index contributed by atoms with van der Waals surface area (Å²) in [5, 5.41) is 22.0. The predicted octanol–water partition coefficient (Wildman–Crippen LogP) is 3.24. The van der Waals surface area contributed by atoms with E-state index >= 15 is 0 Å². The zero-order valence-electron chi connectivity index (χ0n) is 13.9. The van der Waals surface area contributed by atoms with E-state index in [0.29, 0.717) is 5.13 Å². The number of rotatable bonds is 5. The summed E-state index contributed by atoms with van der Waals surface area (Å²) >= 11 is 1.46. The van der Waals surface area contributed by atoms with Crippen LogP contribution in [0.25, 0.3) is 10.7 Å². The normalized spacial score (nSPS) is 11.0. The monoisotopic (exact) mass is 351 g/mol. The van der Waals surface area contributed by atoms with E-state index < -0.39 is 0 Å². The molecule has 4 aromatic rings. The van der Waals surface area contributed by atoms with Gasteiger partial charge in [-0.15, -0.1) is 10.2 Å². The van der Waals surface area contributed by atoms with Gasteiger partial charge in [-0.2, -0.15) is 10.2 Å². The minimum Gasteiger partial charge on any atom is -0.313 e. The number of aryl methyl sites for hydroxylation is 2. The van der Waals surface area contributed by atoms with E-state index in [0.717, 1.165) is 28.8 Å². The molecule has 0 aliphatic carbocycles. The highest BCUT2D eigenvalue weighted by molar-refractivity contribution is 7.18. The molecule has 3 aromatic heterocycles. The molecule has 0 saturated heterocycles. The Balaban J connectivity index is 1.46. The molecule has 1 aromatic carbocycles. The third-order valence-electron chi connectivity index (χ3n) is 3.82. The van der Waals surface area contributed by atoms with E-state index in [1.54, 1.807) is 0 Å². The first-order chi connectivity index (χ1) is 12.2. The second-order valence-corrected chi connectivity index (χ2v) is 6.69. The molecule has 126 valence electrons. The van der Waals surface area contributed by atoms with Crippen molar-refractivity contribution in [3.8, 4) is 10.7 Å². The van der Waals surface area contributed by atoms with Gasteiger partial charge in [0.2, 0.25) is 5.13 Å². The molecule has 0 spiro atoms. The smallest absolute Gasteiger partial charge is 0.211 e. The maximum atomic E-state index is 4.53. The van der Waals surface area contributed by atoms with Crippen LogP contribution in [-0.4, -0.2) is 29.8 Å². The van der Waals surface area contributed by atoms with E-state index in [1.807, 2.05) is 59.9 Å². The molecule has 7 nitrogen and oxygen atoms in total. The lowest BCUT2D eigenvalue weighted by Gasteiger charge is -2.01. The number of aromatic nitrogens is 6. The molecule has 0 atom stereocenters. The molecule has 0 saturated carbocycles. The van der Waals surface area contributed by atoms with E-state index in [9.17, 15) is 0 Å². The van der Waals surface area contributed by atoms with Gasteiger partial charge in [0.1, 0.15) is 5.69 Å². The third-order valence-corrected chi connectivity index (χ3v) is 4.68. The summed E-state index contributed by atoms with van der Waals surface area (Å²) < 4.78 is 3.72. The van der Waals surface area contributed by atoms with Crippen LogP contribution in [0.5, 0.6) is 0 Å². The maximum Gasteiger partial charge on any atom is 0.211 e. The number of benzene rings is 1. The molecule has 0 radical (unpaired) electrons. The molecule has 8 heteroatoms. The van der Waals surface area contributed by atoms with Crippen LogP contribution in [-0.2, 0) is 13.6 Å². The summed E-state index contributed by atoms with van der Waals surface area (Å²) in [6.45, 7) is 2.74. The fourth-order valence-corrected chi connectivity index (χ4v) is 3.15. The Morgan fingerprint density at radius 1 is 1.08 bits per heavy atom. The second kappa shape index (κ2) is 6.48. The van der Waals surface area contributed by atoms with E-state index in [2.05, 4.69) is 37.8 Å². The Morgan fingerprint density at radius 2 is 1.92 bits per heavy atom. The largest absolute Gasteiger partial charge is 0.313 e. The number of nitrogens with zero attached hydrogens (tertiary/aromatic N) is 6. The zero-order valence-corrected chi connectivity index (χ0v) is 14.7. The average molecular weight is 351 g/mol. The first kappa shape index (κ1) is 15.5. The minimum atomic E-state index is 0.697. The molecule has 0 unspecified atom stereocenters. The molecule has 0 amide bonds. The third kappa shape index (κ3) is 3.43. The number of hydrogen-bond donors (Lipinski definition) is 1. The van der Waals surface area contributed by atoms with Crippen LogP contribution in [0.2, 0.25) is 0 Å². The summed E-state index contributed by atoms with van der Waals surface area (Å²) in [7, 11) is 1.92. The molecule has 25 heavy (non-hydrogen) atoms. The molecule has 4 rings (SSSR count). The zero-order chi connectivity index (χ0) is 17.2. The van der Waals surface area contributed by atoms with Crippen molar-refractivity contribution >= 4 is 22.3 Å². The van der Waals surface area contributed by atoms with Crippen LogP contribution in [0.4, 0.5) is 10.9 Å². The second-order valence-electron chi connectivity index (χ2n) is 5.72. The van der Waals surface area contributed by atoms with E-state index in [1.165, 1.54) is 16.9 Å². The SMILES string of the molecule is Cc1cc(-c2nnc(Nc3ccn(Cc4ccccc4)n3)s2)nn1C. The van der Waals surface area contributed by atoms with Gasteiger partial charge in [0.05, 0.1) is 6.54 Å². The standard InChI is InChI=1S/C17H17N7S/c1-12-10-14(21-23(12)2)16-19-20-17(25-16)18-15-8-9-24(22-15)11-13-6-4-3-5-7-13/h3-10H,11H2,1-2H3,(H,18,20,22). The lowest BCUT2D eigenvalue weighted by Crippen LogP contribution is -2.01. The maximum absolute atomic E-state index is 4.53. The van der Waals surface area contributed by atoms with Gasteiger partial charge in [-0.05, 0) is 18.6 Å². The quantitative estimate of drug-likeness (QED) is 0.597. The minimum absolute atomic E-state index is 0.697. The van der Waals surface area contributed by atoms with Crippen molar-refractivity contribution in [2.45, 2.75) is 13.5 Å². The van der Waals surface area contributed by atoms with Gasteiger partial charge in [-0.3, -0.25) is 9.36 Å². The van der Waals surface area contributed by atoms with Crippen LogP contribution in [0.3, 0.4) is 0 Å². The highest BCUT2D eigenvalue weighted by Gasteiger charge is 2.11. The molecule has 3 heterocycles. The van der Waals surface area contributed by atoms with Crippen molar-refractivity contribution in [2.24, 2.45) is 7.05 Å². The van der Waals surface area contributed by atoms with E-state index in [4.69, 9.17) is 0 Å². The summed E-state index contributed by atoms with van der Waals surface area (Å²) in [6, 6.07) is 14.2. The van der Waals surface area contributed by atoms with Gasteiger partial charge in [-0.25, -0.2) is 0 Å². The van der Waals surface area contributed by atoms with Gasteiger partial charge in [0.25, 0.3) is 0 Å². The van der Waals surface area contributed by atoms with Crippen LogP contribution >= 0.6 is 11.3 Å². The van der Waals surface area contributed by atoms with Crippen LogP contribution in [0.15, 0.2) is 48.7 Å². The Morgan fingerprint density at radius 3 is 2.68 bits per heavy atom. The molecule has 1 N–H and O–H groups in total. The Hall–Kier alpha value is -3.00. The van der Waals surface area contributed by atoms with Crippen molar-refractivity contribution in [1.82, 2.24) is 29.8 Å². The van der Waals surface area contributed by atoms with Crippen LogP contribution < -0.4 is 5.32 Å². The van der Waals surface area contributed by atoms with Gasteiger partial charge in [0.15, 0.2) is 10.8 Å². The van der Waals surface area contributed by atoms with Gasteiger partial charge in [0, 0.05) is 25.0 Å². The Labute approximate surface area is 149 Å². The molecule has 0 aliphatic heterocycles. The predicted molar refractivity (Wildman–Crippen MR) is 97.9 cm³/mol. The Kier molecular flexibility index (Phi) is 4.02. The van der Waals surface area contributed by atoms with Crippen molar-refractivity contribution in [3.05, 3.63) is 59.9 Å². The van der Waals surface area contributed by atoms with Crippen molar-refractivity contribution < 1.29 is 0 Å². The van der Waals surface area contributed by atoms with Crippen molar-refractivity contribution in [2.75, 3.05) is 5.32 Å². The number of nitrogens with one attached hydrogen (secondary N) is 1. The van der Waals surface area contributed by atoms with Crippen molar-refractivity contribution in [3.63, 3.8) is 0 Å². The first-order valence-electron chi connectivity index (χ1n) is 7.86.